The van der Waals surface area contributed by atoms with Crippen LogP contribution in [0.4, 0.5) is 5.82 Å². The Kier molecular flexibility index (Phi) is 6.47. The topological polar surface area (TPSA) is 124 Å². The van der Waals surface area contributed by atoms with Crippen molar-refractivity contribution in [3.05, 3.63) is 60.7 Å². The number of aromatic nitrogens is 5. The maximum atomic E-state index is 11.6. The van der Waals surface area contributed by atoms with Crippen molar-refractivity contribution in [2.24, 2.45) is 5.10 Å². The van der Waals surface area contributed by atoms with Crippen molar-refractivity contribution in [3.63, 3.8) is 0 Å². The van der Waals surface area contributed by atoms with Gasteiger partial charge in [-0.2, -0.15) is 10.2 Å². The summed E-state index contributed by atoms with van der Waals surface area (Å²) in [7, 11) is -1.79. The van der Waals surface area contributed by atoms with E-state index in [2.05, 4.69) is 30.6 Å². The number of fused-ring (bicyclic) bond motifs is 1. The first-order chi connectivity index (χ1) is 14.5. The molecule has 0 atom stereocenters. The molecule has 0 aliphatic heterocycles. The zero-order valence-corrected chi connectivity index (χ0v) is 18.1. The Labute approximate surface area is 184 Å². The second kappa shape index (κ2) is 9.06. The molecular formula is C19H18ClN7O3S. The molecular weight excluding hydrogens is 442 g/mol. The lowest BCUT2D eigenvalue weighted by Gasteiger charge is -2.06. The maximum absolute atomic E-state index is 11.6. The summed E-state index contributed by atoms with van der Waals surface area (Å²) in [5, 5.41) is 9.20. The van der Waals surface area contributed by atoms with E-state index in [1.807, 2.05) is 24.3 Å². The van der Waals surface area contributed by atoms with Crippen LogP contribution in [0.1, 0.15) is 5.56 Å². The highest BCUT2D eigenvalue weighted by atomic mass is 35.5. The van der Waals surface area contributed by atoms with Gasteiger partial charge in [0.1, 0.15) is 12.1 Å². The Balaban J connectivity index is 0.00000272. The fraction of sp³-hybridized carbons (Fsp3) is 0.105. The fourth-order valence-corrected chi connectivity index (χ4v) is 3.34. The zero-order valence-electron chi connectivity index (χ0n) is 16.5. The number of pyridine rings is 1. The third kappa shape index (κ3) is 4.78. The maximum Gasteiger partial charge on any atom is 0.192 e. The van der Waals surface area contributed by atoms with Crippen LogP contribution in [0.2, 0.25) is 0 Å². The van der Waals surface area contributed by atoms with Crippen LogP contribution in [-0.2, 0) is 9.84 Å². The number of benzene rings is 1. The van der Waals surface area contributed by atoms with Crippen molar-refractivity contribution < 1.29 is 13.2 Å². The average molecular weight is 460 g/mol. The zero-order chi connectivity index (χ0) is 21.1. The van der Waals surface area contributed by atoms with Crippen molar-refractivity contribution >= 4 is 45.3 Å². The molecule has 0 bridgehead atoms. The molecule has 4 aromatic rings. The predicted octanol–water partition coefficient (Wildman–Crippen LogP) is 2.49. The van der Waals surface area contributed by atoms with Crippen molar-refractivity contribution in [2.75, 3.05) is 18.8 Å². The number of anilines is 1. The monoisotopic (exact) mass is 459 g/mol. The Morgan fingerprint density at radius 2 is 2.00 bits per heavy atom. The summed E-state index contributed by atoms with van der Waals surface area (Å²) in [6.45, 7) is 0. The minimum atomic E-state index is -3.39. The van der Waals surface area contributed by atoms with E-state index in [1.54, 1.807) is 24.1 Å². The normalized spacial score (nSPS) is 11.4. The molecule has 3 aromatic heterocycles. The largest absolute Gasteiger partial charge is 0.497 e. The molecule has 10 nitrogen and oxygen atoms in total. The van der Waals surface area contributed by atoms with Gasteiger partial charge in [0.15, 0.2) is 26.3 Å². The number of sulfone groups is 1. The van der Waals surface area contributed by atoms with E-state index >= 15 is 0 Å². The molecule has 0 aliphatic rings. The lowest BCUT2D eigenvalue weighted by Crippen LogP contribution is -2.02. The third-order valence-electron chi connectivity index (χ3n) is 4.19. The van der Waals surface area contributed by atoms with Crippen LogP contribution in [0, 0.1) is 0 Å². The average Bonchev–Trinajstić information content (AvgIpc) is 3.18. The molecule has 31 heavy (non-hydrogen) atoms. The van der Waals surface area contributed by atoms with Crippen LogP contribution < -0.4 is 10.2 Å². The highest BCUT2D eigenvalue weighted by molar-refractivity contribution is 7.90. The third-order valence-corrected chi connectivity index (χ3v) is 5.17. The van der Waals surface area contributed by atoms with Crippen LogP contribution >= 0.6 is 12.4 Å². The predicted molar refractivity (Wildman–Crippen MR) is 119 cm³/mol. The first-order valence-corrected chi connectivity index (χ1v) is 10.6. The number of rotatable bonds is 6. The van der Waals surface area contributed by atoms with E-state index in [1.165, 1.54) is 24.8 Å². The number of halogens is 1. The van der Waals surface area contributed by atoms with Gasteiger partial charge < -0.3 is 4.74 Å². The SMILES string of the molecule is COc1cccc(-n2ncc3c(NN=Cc4ccnc(S(C)(=O)=O)c4)ncnc32)c1.Cl. The molecule has 160 valence electrons. The number of ether oxygens (including phenoxy) is 1. The number of methoxy groups -OCH3 is 1. The lowest BCUT2D eigenvalue weighted by molar-refractivity contribution is 0.414. The molecule has 0 saturated heterocycles. The fourth-order valence-electron chi connectivity index (χ4n) is 2.74. The Bertz CT molecular complexity index is 1360. The number of hydrogen-bond donors (Lipinski definition) is 1. The molecule has 0 radical (unpaired) electrons. The Hall–Kier alpha value is -3.57. The van der Waals surface area contributed by atoms with E-state index in [9.17, 15) is 8.42 Å². The molecule has 0 amide bonds. The quantitative estimate of drug-likeness (QED) is 0.344. The lowest BCUT2D eigenvalue weighted by atomic mass is 10.3. The second-order valence-corrected chi connectivity index (χ2v) is 8.25. The number of hydrazone groups is 1. The van der Waals surface area contributed by atoms with E-state index in [-0.39, 0.29) is 17.4 Å². The highest BCUT2D eigenvalue weighted by Crippen LogP contribution is 2.23. The molecule has 3 heterocycles. The minimum Gasteiger partial charge on any atom is -0.497 e. The molecule has 1 N–H and O–H groups in total. The van der Waals surface area contributed by atoms with Gasteiger partial charge in [0, 0.05) is 18.5 Å². The number of nitrogens with one attached hydrogen (secondary N) is 1. The summed E-state index contributed by atoms with van der Waals surface area (Å²) in [6, 6.07) is 10.5. The van der Waals surface area contributed by atoms with Crippen molar-refractivity contribution in [3.8, 4) is 11.4 Å². The van der Waals surface area contributed by atoms with E-state index < -0.39 is 9.84 Å². The summed E-state index contributed by atoms with van der Waals surface area (Å²) in [6.07, 6.45) is 7.05. The van der Waals surface area contributed by atoms with Crippen LogP contribution in [0.15, 0.2) is 65.2 Å². The van der Waals surface area contributed by atoms with Gasteiger partial charge in [0.25, 0.3) is 0 Å². The van der Waals surface area contributed by atoms with Gasteiger partial charge in [-0.25, -0.2) is 28.1 Å². The molecule has 4 rings (SSSR count). The molecule has 12 heteroatoms. The van der Waals surface area contributed by atoms with Gasteiger partial charge in [0.2, 0.25) is 0 Å². The Morgan fingerprint density at radius 3 is 2.77 bits per heavy atom. The molecule has 0 saturated carbocycles. The van der Waals surface area contributed by atoms with Crippen LogP contribution in [0.3, 0.4) is 0 Å². The van der Waals surface area contributed by atoms with Gasteiger partial charge in [-0.05, 0) is 29.8 Å². The van der Waals surface area contributed by atoms with E-state index in [0.717, 1.165) is 11.9 Å². The van der Waals surface area contributed by atoms with Crippen molar-refractivity contribution in [1.82, 2.24) is 24.7 Å². The van der Waals surface area contributed by atoms with Gasteiger partial charge in [-0.15, -0.1) is 12.4 Å². The number of hydrogen-bond acceptors (Lipinski definition) is 9. The van der Waals surface area contributed by atoms with Gasteiger partial charge in [-0.1, -0.05) is 6.07 Å². The first-order valence-electron chi connectivity index (χ1n) is 8.74. The summed E-state index contributed by atoms with van der Waals surface area (Å²) < 4.78 is 30.2. The summed E-state index contributed by atoms with van der Waals surface area (Å²) >= 11 is 0. The standard InChI is InChI=1S/C19H17N7O3S.ClH/c1-29-15-5-3-4-14(9-15)26-19-16(11-24-26)18(21-12-22-19)25-23-10-13-6-7-20-17(8-13)30(2,27)28;/h3-12H,1-2H3,(H,21,22,25);1H. The molecule has 1 aromatic carbocycles. The number of nitrogens with zero attached hydrogens (tertiary/aromatic N) is 6. The first kappa shape index (κ1) is 22.1. The van der Waals surface area contributed by atoms with Gasteiger partial charge in [0.05, 0.1) is 30.6 Å². The van der Waals surface area contributed by atoms with Crippen molar-refractivity contribution in [1.29, 1.82) is 0 Å². The van der Waals surface area contributed by atoms with Crippen LogP contribution in [0.25, 0.3) is 16.7 Å². The summed E-state index contributed by atoms with van der Waals surface area (Å²) in [5.74, 6) is 1.17. The molecule has 0 fully saturated rings. The summed E-state index contributed by atoms with van der Waals surface area (Å²) in [5.41, 5.74) is 4.82. The van der Waals surface area contributed by atoms with E-state index in [0.29, 0.717) is 28.2 Å². The smallest absolute Gasteiger partial charge is 0.192 e. The van der Waals surface area contributed by atoms with Crippen LogP contribution in [-0.4, -0.2) is 52.7 Å². The minimum absolute atomic E-state index is 0. The molecule has 0 spiro atoms. The Morgan fingerprint density at radius 1 is 1.16 bits per heavy atom. The highest BCUT2D eigenvalue weighted by Gasteiger charge is 2.12. The van der Waals surface area contributed by atoms with Crippen LogP contribution in [0.5, 0.6) is 5.75 Å². The molecule has 0 aliphatic carbocycles. The summed E-state index contributed by atoms with van der Waals surface area (Å²) in [4.78, 5) is 12.4. The van der Waals surface area contributed by atoms with Gasteiger partial charge >= 0.3 is 0 Å². The second-order valence-electron chi connectivity index (χ2n) is 6.29. The van der Waals surface area contributed by atoms with Gasteiger partial charge in [-0.3, -0.25) is 5.43 Å². The molecule has 0 unspecified atom stereocenters. The van der Waals surface area contributed by atoms with E-state index in [4.69, 9.17) is 4.74 Å². The van der Waals surface area contributed by atoms with Crippen molar-refractivity contribution in [2.45, 2.75) is 5.03 Å².